The largest absolute Gasteiger partial charge is 0.493 e. The summed E-state index contributed by atoms with van der Waals surface area (Å²) in [6, 6.07) is 16.9. The Kier molecular flexibility index (Phi) is 11.7. The van der Waals surface area contributed by atoms with Crippen LogP contribution in [0, 0.1) is 20.8 Å². The molecule has 0 radical (unpaired) electrons. The molecular formula is C36H47N3O6S. The molecule has 0 heterocycles. The van der Waals surface area contributed by atoms with Gasteiger partial charge in [0.05, 0.1) is 24.8 Å². The lowest BCUT2D eigenvalue weighted by atomic mass is 9.95. The Balaban J connectivity index is 1.76. The molecule has 1 aliphatic carbocycles. The molecule has 0 aromatic heterocycles. The van der Waals surface area contributed by atoms with Crippen LogP contribution in [-0.4, -0.2) is 58.0 Å². The zero-order valence-electron chi connectivity index (χ0n) is 27.8. The number of amides is 2. The Morgan fingerprint density at radius 3 is 2.15 bits per heavy atom. The van der Waals surface area contributed by atoms with Crippen LogP contribution in [-0.2, 0) is 26.2 Å². The van der Waals surface area contributed by atoms with Crippen molar-refractivity contribution in [3.63, 3.8) is 0 Å². The fourth-order valence-corrected chi connectivity index (χ4v) is 7.61. The molecule has 1 fully saturated rings. The van der Waals surface area contributed by atoms with Gasteiger partial charge in [0, 0.05) is 18.7 Å². The van der Waals surface area contributed by atoms with Gasteiger partial charge in [0.2, 0.25) is 11.8 Å². The summed E-state index contributed by atoms with van der Waals surface area (Å²) in [7, 11) is -1.37. The van der Waals surface area contributed by atoms with E-state index in [0.29, 0.717) is 17.9 Å². The van der Waals surface area contributed by atoms with Gasteiger partial charge in [-0.25, -0.2) is 8.42 Å². The second-order valence-electron chi connectivity index (χ2n) is 12.2. The first kappa shape index (κ1) is 34.8. The number of hydrogen-bond donors (Lipinski definition) is 1. The fraction of sp³-hybridized carbons (Fsp3) is 0.444. The van der Waals surface area contributed by atoms with Crippen LogP contribution >= 0.6 is 0 Å². The van der Waals surface area contributed by atoms with Gasteiger partial charge in [-0.15, -0.1) is 0 Å². The molecular weight excluding hydrogens is 602 g/mol. The molecule has 9 nitrogen and oxygen atoms in total. The van der Waals surface area contributed by atoms with Crippen molar-refractivity contribution in [3.8, 4) is 11.5 Å². The predicted octanol–water partition coefficient (Wildman–Crippen LogP) is 6.08. The Morgan fingerprint density at radius 1 is 0.870 bits per heavy atom. The lowest BCUT2D eigenvalue weighted by Gasteiger charge is -2.34. The van der Waals surface area contributed by atoms with Crippen LogP contribution in [0.15, 0.2) is 65.6 Å². The Morgan fingerprint density at radius 2 is 1.54 bits per heavy atom. The molecule has 4 rings (SSSR count). The molecule has 3 aromatic rings. The molecule has 1 atom stereocenters. The summed E-state index contributed by atoms with van der Waals surface area (Å²) in [4.78, 5) is 29.7. The molecule has 0 saturated heterocycles. The van der Waals surface area contributed by atoms with Crippen molar-refractivity contribution >= 4 is 27.5 Å². The number of hydrogen-bond acceptors (Lipinski definition) is 6. The highest BCUT2D eigenvalue weighted by molar-refractivity contribution is 7.92. The minimum atomic E-state index is -4.28. The summed E-state index contributed by atoms with van der Waals surface area (Å²) < 4.78 is 40.7. The summed E-state index contributed by atoms with van der Waals surface area (Å²) in [6.07, 6.45) is 5.49. The van der Waals surface area contributed by atoms with Gasteiger partial charge in [-0.05, 0) is 81.0 Å². The number of ether oxygens (including phenoxy) is 2. The minimum absolute atomic E-state index is 0.0515. The second kappa shape index (κ2) is 15.5. The minimum Gasteiger partial charge on any atom is -0.493 e. The summed E-state index contributed by atoms with van der Waals surface area (Å²) in [5.74, 6) is -0.0530. The molecule has 1 saturated carbocycles. The van der Waals surface area contributed by atoms with Gasteiger partial charge in [-0.2, -0.15) is 0 Å². The fourth-order valence-electron chi connectivity index (χ4n) is 6.20. The van der Waals surface area contributed by atoms with Gasteiger partial charge in [-0.1, -0.05) is 62.1 Å². The normalized spacial score (nSPS) is 14.3. The molecule has 3 aromatic carbocycles. The number of carbonyl (C=O) groups is 2. The third-order valence-corrected chi connectivity index (χ3v) is 10.3. The number of aryl methyl sites for hydroxylation is 3. The van der Waals surface area contributed by atoms with E-state index in [9.17, 15) is 18.0 Å². The molecule has 46 heavy (non-hydrogen) atoms. The Hall–Kier alpha value is -4.05. The molecule has 2 amide bonds. The van der Waals surface area contributed by atoms with Crippen molar-refractivity contribution in [1.29, 1.82) is 0 Å². The van der Waals surface area contributed by atoms with Crippen molar-refractivity contribution in [2.45, 2.75) is 89.7 Å². The maximum atomic E-state index is 14.5. The molecule has 248 valence electrons. The van der Waals surface area contributed by atoms with Crippen molar-refractivity contribution in [2.75, 3.05) is 25.1 Å². The van der Waals surface area contributed by atoms with Gasteiger partial charge in [0.25, 0.3) is 10.0 Å². The van der Waals surface area contributed by atoms with Crippen LogP contribution < -0.4 is 19.1 Å². The topological polar surface area (TPSA) is 105 Å². The van der Waals surface area contributed by atoms with Crippen LogP contribution in [0.25, 0.3) is 0 Å². The van der Waals surface area contributed by atoms with E-state index in [1.165, 1.54) is 37.3 Å². The summed E-state index contributed by atoms with van der Waals surface area (Å²) in [5.41, 5.74) is 3.95. The first-order valence-corrected chi connectivity index (χ1v) is 17.4. The zero-order valence-corrected chi connectivity index (χ0v) is 28.7. The molecule has 0 spiro atoms. The van der Waals surface area contributed by atoms with E-state index in [2.05, 4.69) is 5.32 Å². The van der Waals surface area contributed by atoms with Crippen molar-refractivity contribution in [2.24, 2.45) is 0 Å². The SMILES string of the molecule is CC[C@H](C(=O)NC1CCCCC1)N(Cc1cccc(C)c1)C(=O)CN(c1cc(C)cc(C)c1)S(=O)(=O)c1ccc(OC)c(OC)c1. The number of benzene rings is 3. The highest BCUT2D eigenvalue weighted by Crippen LogP contribution is 2.33. The van der Waals surface area contributed by atoms with E-state index in [-0.39, 0.29) is 29.1 Å². The summed E-state index contributed by atoms with van der Waals surface area (Å²) in [5, 5.41) is 3.19. The van der Waals surface area contributed by atoms with Crippen LogP contribution in [0.2, 0.25) is 0 Å². The molecule has 1 N–H and O–H groups in total. The van der Waals surface area contributed by atoms with Crippen LogP contribution in [0.1, 0.15) is 67.7 Å². The zero-order chi connectivity index (χ0) is 33.4. The number of methoxy groups -OCH3 is 2. The highest BCUT2D eigenvalue weighted by atomic mass is 32.2. The van der Waals surface area contributed by atoms with Gasteiger partial charge < -0.3 is 19.7 Å². The van der Waals surface area contributed by atoms with E-state index in [4.69, 9.17) is 9.47 Å². The number of sulfonamides is 1. The summed E-state index contributed by atoms with van der Waals surface area (Å²) in [6.45, 7) is 7.27. The van der Waals surface area contributed by atoms with Crippen molar-refractivity contribution in [3.05, 3.63) is 82.9 Å². The monoisotopic (exact) mass is 649 g/mol. The van der Waals surface area contributed by atoms with Crippen LogP contribution in [0.4, 0.5) is 5.69 Å². The summed E-state index contributed by atoms with van der Waals surface area (Å²) >= 11 is 0. The van der Waals surface area contributed by atoms with Gasteiger partial charge >= 0.3 is 0 Å². The third kappa shape index (κ3) is 8.40. The molecule has 0 aliphatic heterocycles. The maximum Gasteiger partial charge on any atom is 0.264 e. The van der Waals surface area contributed by atoms with E-state index in [1.54, 1.807) is 12.1 Å². The van der Waals surface area contributed by atoms with E-state index >= 15 is 0 Å². The second-order valence-corrected chi connectivity index (χ2v) is 14.0. The average molecular weight is 650 g/mol. The molecule has 1 aliphatic rings. The van der Waals surface area contributed by atoms with E-state index < -0.39 is 28.5 Å². The number of carbonyl (C=O) groups excluding carboxylic acids is 2. The molecule has 10 heteroatoms. The van der Waals surface area contributed by atoms with Crippen molar-refractivity contribution < 1.29 is 27.5 Å². The quantitative estimate of drug-likeness (QED) is 0.241. The predicted molar refractivity (Wildman–Crippen MR) is 181 cm³/mol. The first-order chi connectivity index (χ1) is 22.0. The van der Waals surface area contributed by atoms with Crippen LogP contribution in [0.3, 0.4) is 0 Å². The Bertz CT molecular complexity index is 1610. The maximum absolute atomic E-state index is 14.5. The van der Waals surface area contributed by atoms with E-state index in [0.717, 1.165) is 58.7 Å². The number of nitrogens with zero attached hydrogens (tertiary/aromatic N) is 2. The smallest absolute Gasteiger partial charge is 0.264 e. The van der Waals surface area contributed by atoms with Crippen molar-refractivity contribution in [1.82, 2.24) is 10.2 Å². The van der Waals surface area contributed by atoms with Crippen LogP contribution in [0.5, 0.6) is 11.5 Å². The lowest BCUT2D eigenvalue weighted by molar-refractivity contribution is -0.140. The van der Waals surface area contributed by atoms with Gasteiger partial charge in [-0.3, -0.25) is 13.9 Å². The van der Waals surface area contributed by atoms with E-state index in [1.807, 2.05) is 58.0 Å². The number of anilines is 1. The highest BCUT2D eigenvalue weighted by Gasteiger charge is 2.35. The lowest BCUT2D eigenvalue weighted by Crippen LogP contribution is -2.54. The van der Waals surface area contributed by atoms with Gasteiger partial charge in [0.15, 0.2) is 11.5 Å². The standard InChI is InChI=1S/C36H47N3O6S/c1-7-32(36(41)37-29-14-9-8-10-15-29)38(23-28-13-11-12-25(2)19-28)35(40)24-39(30-20-26(3)18-27(4)21-30)46(42,43)31-16-17-33(44-5)34(22-31)45-6/h11-13,16-22,29,32H,7-10,14-15,23-24H2,1-6H3,(H,37,41)/t32-/m1/s1. The van der Waals surface area contributed by atoms with Gasteiger partial charge in [0.1, 0.15) is 12.6 Å². The first-order valence-electron chi connectivity index (χ1n) is 15.9. The molecule has 0 unspecified atom stereocenters. The number of rotatable bonds is 13. The Labute approximate surface area is 273 Å². The average Bonchev–Trinajstić information content (AvgIpc) is 3.03. The molecule has 0 bridgehead atoms. The number of nitrogens with one attached hydrogen (secondary N) is 1. The third-order valence-electron chi connectivity index (χ3n) is 8.49.